The fourth-order valence-corrected chi connectivity index (χ4v) is 1.91. The normalized spacial score (nSPS) is 14.6. The number of tetrazole rings is 1. The Labute approximate surface area is 119 Å². The molecule has 21 heavy (non-hydrogen) atoms. The summed E-state index contributed by atoms with van der Waals surface area (Å²) >= 11 is 0. The molecule has 0 saturated carbocycles. The van der Waals surface area contributed by atoms with E-state index in [1.165, 1.54) is 0 Å². The maximum Gasteiger partial charge on any atom is 0.262 e. The molecular formula is C12H12N6O3. The molecule has 9 nitrogen and oxygen atoms in total. The molecule has 2 amide bonds. The molecule has 1 aliphatic heterocycles. The fourth-order valence-electron chi connectivity index (χ4n) is 1.91. The van der Waals surface area contributed by atoms with Crippen LogP contribution in [0.1, 0.15) is 29.1 Å². The van der Waals surface area contributed by atoms with Crippen molar-refractivity contribution in [2.75, 3.05) is 11.9 Å². The molecule has 1 aliphatic rings. The SMILES string of the molecule is CC(NC(=O)c1ccc2c(c1)OCC(=O)N2)c1nn[nH]n1. The average molecular weight is 288 g/mol. The molecule has 0 saturated heterocycles. The number of hydrogen-bond donors (Lipinski definition) is 3. The topological polar surface area (TPSA) is 122 Å². The summed E-state index contributed by atoms with van der Waals surface area (Å²) in [6.07, 6.45) is 0. The molecule has 1 aromatic carbocycles. The van der Waals surface area contributed by atoms with Gasteiger partial charge < -0.3 is 15.4 Å². The van der Waals surface area contributed by atoms with Crippen LogP contribution >= 0.6 is 0 Å². The van der Waals surface area contributed by atoms with Gasteiger partial charge in [0.2, 0.25) is 0 Å². The number of amides is 2. The van der Waals surface area contributed by atoms with Gasteiger partial charge in [0, 0.05) is 5.56 Å². The largest absolute Gasteiger partial charge is 0.482 e. The van der Waals surface area contributed by atoms with Gasteiger partial charge in [-0.1, -0.05) is 5.21 Å². The van der Waals surface area contributed by atoms with Crippen molar-refractivity contribution < 1.29 is 14.3 Å². The maximum atomic E-state index is 12.2. The van der Waals surface area contributed by atoms with Crippen LogP contribution in [0.3, 0.4) is 0 Å². The van der Waals surface area contributed by atoms with Gasteiger partial charge in [-0.05, 0) is 25.1 Å². The van der Waals surface area contributed by atoms with E-state index in [2.05, 4.69) is 31.3 Å². The summed E-state index contributed by atoms with van der Waals surface area (Å²) in [6, 6.07) is 4.42. The van der Waals surface area contributed by atoms with Gasteiger partial charge in [-0.15, -0.1) is 10.2 Å². The Morgan fingerprint density at radius 3 is 3.10 bits per heavy atom. The van der Waals surface area contributed by atoms with Crippen LogP contribution in [0.5, 0.6) is 5.75 Å². The molecule has 1 unspecified atom stereocenters. The van der Waals surface area contributed by atoms with Gasteiger partial charge in [-0.3, -0.25) is 9.59 Å². The van der Waals surface area contributed by atoms with Crippen molar-refractivity contribution in [1.29, 1.82) is 0 Å². The second-order valence-corrected chi connectivity index (χ2v) is 4.51. The summed E-state index contributed by atoms with van der Waals surface area (Å²) in [7, 11) is 0. The maximum absolute atomic E-state index is 12.2. The Bertz CT molecular complexity index is 684. The number of benzene rings is 1. The minimum Gasteiger partial charge on any atom is -0.482 e. The predicted molar refractivity (Wildman–Crippen MR) is 70.6 cm³/mol. The molecule has 1 aromatic heterocycles. The third-order valence-electron chi connectivity index (χ3n) is 2.97. The van der Waals surface area contributed by atoms with E-state index < -0.39 is 0 Å². The monoisotopic (exact) mass is 288 g/mol. The number of nitrogens with one attached hydrogen (secondary N) is 3. The van der Waals surface area contributed by atoms with Gasteiger partial charge in [0.05, 0.1) is 11.7 Å². The van der Waals surface area contributed by atoms with Crippen LogP contribution in [0, 0.1) is 0 Å². The summed E-state index contributed by atoms with van der Waals surface area (Å²) in [5.74, 6) is 0.348. The van der Waals surface area contributed by atoms with Crippen LogP contribution in [-0.2, 0) is 4.79 Å². The zero-order valence-electron chi connectivity index (χ0n) is 11.1. The number of carbonyl (C=O) groups is 2. The van der Waals surface area contributed by atoms with Gasteiger partial charge in [0.15, 0.2) is 12.4 Å². The third kappa shape index (κ3) is 2.66. The predicted octanol–water partition coefficient (Wildman–Crippen LogP) is 0.0216. The number of nitrogens with zero attached hydrogens (tertiary/aromatic N) is 3. The number of rotatable bonds is 3. The molecule has 2 aromatic rings. The van der Waals surface area contributed by atoms with Crippen LogP contribution in [0.15, 0.2) is 18.2 Å². The number of aromatic amines is 1. The van der Waals surface area contributed by atoms with Crippen LogP contribution in [0.25, 0.3) is 0 Å². The highest BCUT2D eigenvalue weighted by molar-refractivity contribution is 5.99. The zero-order valence-corrected chi connectivity index (χ0v) is 11.1. The molecular weight excluding hydrogens is 276 g/mol. The highest BCUT2D eigenvalue weighted by Gasteiger charge is 2.19. The van der Waals surface area contributed by atoms with Gasteiger partial charge in [-0.2, -0.15) is 5.21 Å². The van der Waals surface area contributed by atoms with Crippen molar-refractivity contribution in [3.63, 3.8) is 0 Å². The highest BCUT2D eigenvalue weighted by atomic mass is 16.5. The van der Waals surface area contributed by atoms with Gasteiger partial charge >= 0.3 is 0 Å². The molecule has 108 valence electrons. The van der Waals surface area contributed by atoms with Crippen molar-refractivity contribution in [1.82, 2.24) is 25.9 Å². The standard InChI is InChI=1S/C12H12N6O3/c1-6(11-15-17-18-16-11)13-12(20)7-2-3-8-9(4-7)21-5-10(19)14-8/h2-4,6H,5H2,1H3,(H,13,20)(H,14,19)(H,15,16,17,18). The van der Waals surface area contributed by atoms with E-state index in [0.29, 0.717) is 22.8 Å². The molecule has 0 bridgehead atoms. The van der Waals surface area contributed by atoms with E-state index in [-0.39, 0.29) is 24.5 Å². The number of aromatic nitrogens is 4. The Balaban J connectivity index is 1.75. The van der Waals surface area contributed by atoms with Crippen LogP contribution in [0.4, 0.5) is 5.69 Å². The van der Waals surface area contributed by atoms with Gasteiger partial charge in [-0.25, -0.2) is 0 Å². The summed E-state index contributed by atoms with van der Waals surface area (Å²) in [6.45, 7) is 1.69. The van der Waals surface area contributed by atoms with E-state index in [1.807, 2.05) is 0 Å². The molecule has 2 heterocycles. The lowest BCUT2D eigenvalue weighted by Gasteiger charge is -2.18. The van der Waals surface area contributed by atoms with Crippen LogP contribution in [0.2, 0.25) is 0 Å². The number of hydrogen-bond acceptors (Lipinski definition) is 6. The first-order chi connectivity index (χ1) is 10.1. The van der Waals surface area contributed by atoms with Crippen molar-refractivity contribution in [3.05, 3.63) is 29.6 Å². The smallest absolute Gasteiger partial charge is 0.262 e. The Hall–Kier alpha value is -2.97. The first-order valence-corrected chi connectivity index (χ1v) is 6.24. The first-order valence-electron chi connectivity index (χ1n) is 6.24. The third-order valence-corrected chi connectivity index (χ3v) is 2.97. The Morgan fingerprint density at radius 1 is 1.48 bits per heavy atom. The van der Waals surface area contributed by atoms with Gasteiger partial charge in [0.25, 0.3) is 11.8 Å². The lowest BCUT2D eigenvalue weighted by Crippen LogP contribution is -2.28. The van der Waals surface area contributed by atoms with E-state index in [0.717, 1.165) is 0 Å². The second kappa shape index (κ2) is 5.19. The second-order valence-electron chi connectivity index (χ2n) is 4.51. The number of ether oxygens (including phenoxy) is 1. The summed E-state index contributed by atoms with van der Waals surface area (Å²) in [4.78, 5) is 23.3. The number of carbonyl (C=O) groups excluding carboxylic acids is 2. The first kappa shape index (κ1) is 13.0. The Morgan fingerprint density at radius 2 is 2.33 bits per heavy atom. The Kier molecular flexibility index (Phi) is 3.22. The highest BCUT2D eigenvalue weighted by Crippen LogP contribution is 2.28. The van der Waals surface area contributed by atoms with Gasteiger partial charge in [0.1, 0.15) is 5.75 Å². The lowest BCUT2D eigenvalue weighted by molar-refractivity contribution is -0.118. The number of fused-ring (bicyclic) bond motifs is 1. The number of anilines is 1. The molecule has 0 aliphatic carbocycles. The van der Waals surface area contributed by atoms with Crippen LogP contribution in [-0.4, -0.2) is 39.0 Å². The fraction of sp³-hybridized carbons (Fsp3) is 0.250. The lowest BCUT2D eigenvalue weighted by atomic mass is 10.1. The molecule has 1 atom stereocenters. The van der Waals surface area contributed by atoms with E-state index in [1.54, 1.807) is 25.1 Å². The molecule has 3 rings (SSSR count). The van der Waals surface area contributed by atoms with Crippen molar-refractivity contribution in [3.8, 4) is 5.75 Å². The number of H-pyrrole nitrogens is 1. The minimum absolute atomic E-state index is 0.0582. The molecule has 3 N–H and O–H groups in total. The van der Waals surface area contributed by atoms with E-state index in [9.17, 15) is 9.59 Å². The molecule has 9 heteroatoms. The van der Waals surface area contributed by atoms with E-state index in [4.69, 9.17) is 4.74 Å². The molecule has 0 radical (unpaired) electrons. The summed E-state index contributed by atoms with van der Waals surface area (Å²) in [5, 5.41) is 18.8. The minimum atomic E-state index is -0.382. The van der Waals surface area contributed by atoms with Crippen molar-refractivity contribution in [2.45, 2.75) is 13.0 Å². The van der Waals surface area contributed by atoms with Crippen molar-refractivity contribution >= 4 is 17.5 Å². The zero-order chi connectivity index (χ0) is 14.8. The quantitative estimate of drug-likeness (QED) is 0.732. The molecule has 0 spiro atoms. The summed E-state index contributed by atoms with van der Waals surface area (Å²) in [5.41, 5.74) is 0.967. The average Bonchev–Trinajstić information content (AvgIpc) is 3.01. The molecule has 0 fully saturated rings. The van der Waals surface area contributed by atoms with Crippen molar-refractivity contribution in [2.24, 2.45) is 0 Å². The van der Waals surface area contributed by atoms with Crippen LogP contribution < -0.4 is 15.4 Å². The van der Waals surface area contributed by atoms with E-state index >= 15 is 0 Å². The summed E-state index contributed by atoms with van der Waals surface area (Å²) < 4.78 is 5.27.